The molecule has 37 heavy (non-hydrogen) atoms. The van der Waals surface area contributed by atoms with Gasteiger partial charge in [-0.15, -0.1) is 0 Å². The van der Waals surface area contributed by atoms with Crippen LogP contribution in [0.2, 0.25) is 0 Å². The molecule has 0 fully saturated rings. The summed E-state index contributed by atoms with van der Waals surface area (Å²) in [5.41, 5.74) is 7.56. The molecule has 6 rings (SSSR count). The van der Waals surface area contributed by atoms with Crippen LogP contribution in [-0.2, 0) is 0 Å². The molecule has 1 heterocycles. The summed E-state index contributed by atoms with van der Waals surface area (Å²) in [6.07, 6.45) is 0. The van der Waals surface area contributed by atoms with Crippen molar-refractivity contribution in [1.82, 2.24) is 0 Å². The first-order valence-electron chi connectivity index (χ1n) is 12.5. The molecule has 0 amide bonds. The van der Waals surface area contributed by atoms with E-state index in [0.717, 1.165) is 5.75 Å². The monoisotopic (exact) mass is 494 g/mol. The number of rotatable bonds is 6. The van der Waals surface area contributed by atoms with E-state index < -0.39 is 7.53 Å². The predicted octanol–water partition coefficient (Wildman–Crippen LogP) is 10.3. The van der Waals surface area contributed by atoms with Crippen molar-refractivity contribution in [2.45, 2.75) is 0 Å². The second-order valence-corrected chi connectivity index (χ2v) is 11.0. The fourth-order valence-electron chi connectivity index (χ4n) is 5.14. The van der Waals surface area contributed by atoms with E-state index in [4.69, 9.17) is 4.74 Å². The molecule has 1 aromatic heterocycles. The molecular weight excluding hydrogens is 467 g/mol. The van der Waals surface area contributed by atoms with Crippen LogP contribution >= 0.6 is 7.53 Å². The van der Waals surface area contributed by atoms with Crippen molar-refractivity contribution in [3.05, 3.63) is 146 Å². The van der Waals surface area contributed by atoms with E-state index in [1.807, 2.05) is 0 Å². The van der Waals surface area contributed by atoms with Crippen LogP contribution in [0.4, 0.5) is 0 Å². The molecule has 0 saturated heterocycles. The minimum absolute atomic E-state index is 0.928. The summed E-state index contributed by atoms with van der Waals surface area (Å²) in [6.45, 7) is 0. The SMILES string of the molecule is COc1ccccc1-p1c(-c2ccccc2)c(-c2ccccc2)c(-c2ccccc2)c1-c1ccccc1. The smallest absolute Gasteiger partial charge is 0.130 e. The fourth-order valence-corrected chi connectivity index (χ4v) is 8.21. The van der Waals surface area contributed by atoms with Crippen molar-refractivity contribution in [2.24, 2.45) is 0 Å². The Balaban J connectivity index is 1.88. The highest BCUT2D eigenvalue weighted by molar-refractivity contribution is 7.64. The molecule has 1 nitrogen and oxygen atoms in total. The Kier molecular flexibility index (Phi) is 6.46. The molecule has 0 atom stereocenters. The van der Waals surface area contributed by atoms with Crippen LogP contribution < -0.4 is 4.74 Å². The van der Waals surface area contributed by atoms with E-state index in [0.29, 0.717) is 0 Å². The van der Waals surface area contributed by atoms with Crippen molar-refractivity contribution in [1.29, 1.82) is 0 Å². The maximum Gasteiger partial charge on any atom is 0.130 e. The number of methoxy groups -OCH3 is 1. The highest BCUT2D eigenvalue weighted by Crippen LogP contribution is 2.67. The van der Waals surface area contributed by atoms with Gasteiger partial charge in [0.15, 0.2) is 0 Å². The van der Waals surface area contributed by atoms with Crippen LogP contribution in [0.1, 0.15) is 0 Å². The van der Waals surface area contributed by atoms with Crippen LogP contribution in [-0.4, -0.2) is 7.11 Å². The van der Waals surface area contributed by atoms with Gasteiger partial charge in [-0.3, -0.25) is 0 Å². The Morgan fingerprint density at radius 1 is 0.405 bits per heavy atom. The van der Waals surface area contributed by atoms with Crippen LogP contribution in [0.5, 0.6) is 5.75 Å². The van der Waals surface area contributed by atoms with Crippen molar-refractivity contribution in [3.63, 3.8) is 0 Å². The van der Waals surface area contributed by atoms with Crippen molar-refractivity contribution < 1.29 is 4.74 Å². The van der Waals surface area contributed by atoms with Gasteiger partial charge >= 0.3 is 0 Å². The standard InChI is InChI=1S/C35H27OP/c1-36-30-24-14-15-25-31(30)37-34(28-20-10-4-11-21-28)32(26-16-6-2-7-17-26)33(27-18-8-3-9-19-27)35(37)29-22-12-5-13-23-29/h2-25H,1H3. The van der Waals surface area contributed by atoms with Gasteiger partial charge in [0, 0.05) is 27.0 Å². The molecule has 2 heteroatoms. The van der Waals surface area contributed by atoms with Gasteiger partial charge < -0.3 is 4.74 Å². The van der Waals surface area contributed by atoms with E-state index in [1.54, 1.807) is 7.11 Å². The van der Waals surface area contributed by atoms with Gasteiger partial charge in [-0.05, 0) is 34.4 Å². The molecule has 0 radical (unpaired) electrons. The molecule has 5 aromatic carbocycles. The van der Waals surface area contributed by atoms with Crippen LogP contribution in [0, 0.1) is 0 Å². The lowest BCUT2D eigenvalue weighted by molar-refractivity contribution is 0.417. The minimum Gasteiger partial charge on any atom is -0.496 e. The number of benzene rings is 5. The average Bonchev–Trinajstić information content (AvgIpc) is 3.35. The van der Waals surface area contributed by atoms with Gasteiger partial charge in [-0.25, -0.2) is 0 Å². The molecule has 0 saturated carbocycles. The predicted molar refractivity (Wildman–Crippen MR) is 159 cm³/mol. The third-order valence-corrected chi connectivity index (χ3v) is 9.43. The third kappa shape index (κ3) is 4.29. The lowest BCUT2D eigenvalue weighted by atomic mass is 9.91. The zero-order valence-electron chi connectivity index (χ0n) is 20.7. The normalized spacial score (nSPS) is 10.8. The molecule has 0 aliphatic heterocycles. The maximum absolute atomic E-state index is 5.98. The largest absolute Gasteiger partial charge is 0.496 e. The summed E-state index contributed by atoms with van der Waals surface area (Å²) in [6, 6.07) is 52.0. The number of ether oxygens (including phenoxy) is 1. The van der Waals surface area contributed by atoms with Gasteiger partial charge in [0.2, 0.25) is 0 Å². The van der Waals surface area contributed by atoms with Gasteiger partial charge in [0.25, 0.3) is 0 Å². The molecule has 0 aliphatic rings. The summed E-state index contributed by atoms with van der Waals surface area (Å²) in [5, 5.41) is 3.96. The highest BCUT2D eigenvalue weighted by atomic mass is 31.1. The highest BCUT2D eigenvalue weighted by Gasteiger charge is 2.29. The van der Waals surface area contributed by atoms with E-state index in [1.165, 1.54) is 49.3 Å². The summed E-state index contributed by atoms with van der Waals surface area (Å²) in [7, 11) is 0.838. The Labute approximate surface area is 219 Å². The zero-order chi connectivity index (χ0) is 25.0. The molecule has 0 aliphatic carbocycles. The molecule has 0 unspecified atom stereocenters. The second-order valence-electron chi connectivity index (χ2n) is 8.92. The first-order chi connectivity index (χ1) is 18.4. The van der Waals surface area contributed by atoms with Gasteiger partial charge in [0.05, 0.1) is 7.11 Å². The first kappa shape index (κ1) is 23.1. The van der Waals surface area contributed by atoms with Crippen LogP contribution in [0.15, 0.2) is 146 Å². The molecule has 0 N–H and O–H groups in total. The molecule has 178 valence electrons. The van der Waals surface area contributed by atoms with Crippen molar-refractivity contribution >= 4 is 7.53 Å². The molecular formula is C35H27OP. The fraction of sp³-hybridized carbons (Fsp3) is 0.0286. The summed E-state index contributed by atoms with van der Waals surface area (Å²) in [5.74, 6) is 0.928. The van der Waals surface area contributed by atoms with Crippen LogP contribution in [0.25, 0.3) is 49.3 Å². The zero-order valence-corrected chi connectivity index (χ0v) is 21.6. The molecule has 0 spiro atoms. The number of hydrogen-bond donors (Lipinski definition) is 0. The van der Waals surface area contributed by atoms with E-state index >= 15 is 0 Å². The van der Waals surface area contributed by atoms with Gasteiger partial charge in [-0.1, -0.05) is 141 Å². The quantitative estimate of drug-likeness (QED) is 0.224. The Morgan fingerprint density at radius 2 is 0.757 bits per heavy atom. The Hall–Kier alpha value is -4.32. The number of para-hydroxylation sites is 1. The Bertz CT molecular complexity index is 1520. The lowest BCUT2D eigenvalue weighted by Crippen LogP contribution is -1.85. The van der Waals surface area contributed by atoms with Gasteiger partial charge in [-0.2, -0.15) is 0 Å². The number of hydrogen-bond acceptors (Lipinski definition) is 1. The lowest BCUT2D eigenvalue weighted by Gasteiger charge is -2.15. The molecule has 0 bridgehead atoms. The Morgan fingerprint density at radius 3 is 1.16 bits per heavy atom. The minimum atomic E-state index is -0.938. The van der Waals surface area contributed by atoms with Crippen molar-refractivity contribution in [3.8, 4) is 55.0 Å². The van der Waals surface area contributed by atoms with E-state index in [9.17, 15) is 0 Å². The van der Waals surface area contributed by atoms with E-state index in [2.05, 4.69) is 146 Å². The third-order valence-electron chi connectivity index (χ3n) is 6.72. The van der Waals surface area contributed by atoms with Gasteiger partial charge in [0.1, 0.15) is 5.75 Å². The summed E-state index contributed by atoms with van der Waals surface area (Å²) >= 11 is 0. The summed E-state index contributed by atoms with van der Waals surface area (Å²) < 4.78 is 5.98. The van der Waals surface area contributed by atoms with Crippen LogP contribution in [0.3, 0.4) is 0 Å². The van der Waals surface area contributed by atoms with Crippen molar-refractivity contribution in [2.75, 3.05) is 7.11 Å². The summed E-state index contributed by atoms with van der Waals surface area (Å²) in [4.78, 5) is 0. The maximum atomic E-state index is 5.98. The topological polar surface area (TPSA) is 9.23 Å². The van der Waals surface area contributed by atoms with E-state index in [-0.39, 0.29) is 0 Å². The first-order valence-corrected chi connectivity index (χ1v) is 13.8. The molecule has 6 aromatic rings. The average molecular weight is 495 g/mol. The second kappa shape index (κ2) is 10.3.